The first kappa shape index (κ1) is 36.3. The average Bonchev–Trinajstić information content (AvgIpc) is 3.58. The molecule has 0 saturated carbocycles. The largest absolute Gasteiger partial charge is 0.493 e. The van der Waals surface area contributed by atoms with E-state index in [0.717, 1.165) is 60.1 Å². The van der Waals surface area contributed by atoms with E-state index in [0.29, 0.717) is 51.8 Å². The number of carbonyl (C=O) groups is 1. The van der Waals surface area contributed by atoms with E-state index in [1.54, 1.807) is 23.2 Å². The maximum Gasteiger partial charge on any atom is 0.253 e. The molecule has 3 heterocycles. The van der Waals surface area contributed by atoms with Crippen LogP contribution in [-0.4, -0.2) is 84.8 Å². The Bertz CT molecular complexity index is 1920. The van der Waals surface area contributed by atoms with Crippen molar-refractivity contribution in [1.29, 1.82) is 0 Å². The number of anilines is 1. The number of nitrogens with one attached hydrogen (secondary N) is 2. The fourth-order valence-electron chi connectivity index (χ4n) is 6.90. The van der Waals surface area contributed by atoms with E-state index >= 15 is 0 Å². The van der Waals surface area contributed by atoms with Crippen molar-refractivity contribution in [1.82, 2.24) is 24.8 Å². The molecule has 12 heteroatoms. The topological polar surface area (TPSA) is 105 Å². The van der Waals surface area contributed by atoms with Crippen LogP contribution in [0, 0.1) is 0 Å². The van der Waals surface area contributed by atoms with Gasteiger partial charge in [-0.3, -0.25) is 14.7 Å². The SMILES string of the molecule is COc1cc(C(=O)N(C)CC(CC(Nc2nc3c(Cc4cccnc4)cccc3[nH]2)N2CCCCC2)c2ccc(Cl)c(Cl)c2)cc(OC)c1OC. The second kappa shape index (κ2) is 16.7. The summed E-state index contributed by atoms with van der Waals surface area (Å²) in [5.41, 5.74) is 5.56. The molecule has 51 heavy (non-hydrogen) atoms. The lowest BCUT2D eigenvalue weighted by atomic mass is 9.92. The number of likely N-dealkylation sites (N-methyl/N-ethyl adjacent to an activating group) is 1. The third-order valence-electron chi connectivity index (χ3n) is 9.52. The van der Waals surface area contributed by atoms with Crippen LogP contribution in [0.25, 0.3) is 11.0 Å². The third kappa shape index (κ3) is 8.52. The number of rotatable bonds is 14. The van der Waals surface area contributed by atoms with Crippen molar-refractivity contribution in [2.45, 2.75) is 44.2 Å². The van der Waals surface area contributed by atoms with Gasteiger partial charge in [-0.25, -0.2) is 4.98 Å². The number of nitrogens with zero attached hydrogens (tertiary/aromatic N) is 4. The number of hydrogen-bond acceptors (Lipinski definition) is 8. The summed E-state index contributed by atoms with van der Waals surface area (Å²) in [6.07, 6.45) is 8.43. The van der Waals surface area contributed by atoms with Crippen LogP contribution >= 0.6 is 23.2 Å². The van der Waals surface area contributed by atoms with Crippen molar-refractivity contribution in [2.24, 2.45) is 0 Å². The Morgan fingerprint density at radius 2 is 1.73 bits per heavy atom. The standard InChI is InChI=1S/C39H44Cl2N6O4/c1-46(38(48)28-20-33(49-2)37(51-4)34(21-28)50-3)24-29(26-13-14-30(40)31(41)19-26)22-35(47-16-6-5-7-17-47)44-39-43-32-12-8-11-27(36(32)45-39)18-25-10-9-15-42-23-25/h8-15,19-21,23,29,35H,5-7,16-18,22,24H2,1-4H3,(H2,43,44,45). The number of hydrogen-bond donors (Lipinski definition) is 2. The summed E-state index contributed by atoms with van der Waals surface area (Å²) in [5.74, 6) is 1.67. The Labute approximate surface area is 309 Å². The number of aromatic amines is 1. The molecule has 1 fully saturated rings. The molecule has 2 unspecified atom stereocenters. The molecule has 1 amide bonds. The summed E-state index contributed by atoms with van der Waals surface area (Å²) in [6.45, 7) is 2.33. The quantitative estimate of drug-likeness (QED) is 0.118. The number of imidazole rings is 1. The molecule has 0 radical (unpaired) electrons. The summed E-state index contributed by atoms with van der Waals surface area (Å²) >= 11 is 13.0. The molecule has 1 saturated heterocycles. The number of amides is 1. The van der Waals surface area contributed by atoms with E-state index in [9.17, 15) is 4.79 Å². The molecule has 10 nitrogen and oxygen atoms in total. The minimum Gasteiger partial charge on any atom is -0.493 e. The number of piperidine rings is 1. The first-order valence-electron chi connectivity index (χ1n) is 17.2. The maximum absolute atomic E-state index is 14.0. The highest BCUT2D eigenvalue weighted by atomic mass is 35.5. The molecular weight excluding hydrogens is 687 g/mol. The molecule has 1 aliphatic rings. The van der Waals surface area contributed by atoms with E-state index in [4.69, 9.17) is 42.4 Å². The average molecular weight is 732 g/mol. The van der Waals surface area contributed by atoms with Crippen molar-refractivity contribution >= 4 is 46.1 Å². The smallest absolute Gasteiger partial charge is 0.253 e. The van der Waals surface area contributed by atoms with Gasteiger partial charge in [0.2, 0.25) is 11.7 Å². The number of methoxy groups -OCH3 is 3. The number of para-hydroxylation sites is 1. The summed E-state index contributed by atoms with van der Waals surface area (Å²) in [5, 5.41) is 4.72. The van der Waals surface area contributed by atoms with E-state index in [1.165, 1.54) is 27.8 Å². The van der Waals surface area contributed by atoms with Gasteiger partial charge in [0.15, 0.2) is 11.5 Å². The zero-order valence-corrected chi connectivity index (χ0v) is 30.9. The van der Waals surface area contributed by atoms with Gasteiger partial charge in [0, 0.05) is 57.0 Å². The third-order valence-corrected chi connectivity index (χ3v) is 10.3. The van der Waals surface area contributed by atoms with Crippen molar-refractivity contribution in [3.05, 3.63) is 105 Å². The first-order chi connectivity index (χ1) is 24.8. The van der Waals surface area contributed by atoms with Crippen LogP contribution in [0.2, 0.25) is 10.0 Å². The van der Waals surface area contributed by atoms with Gasteiger partial charge in [0.25, 0.3) is 5.91 Å². The molecule has 1 aliphatic heterocycles. The highest BCUT2D eigenvalue weighted by Crippen LogP contribution is 2.39. The van der Waals surface area contributed by atoms with Gasteiger partial charge >= 0.3 is 0 Å². The zero-order valence-electron chi connectivity index (χ0n) is 29.4. The fraction of sp³-hybridized carbons (Fsp3) is 0.359. The number of H-pyrrole nitrogens is 1. The van der Waals surface area contributed by atoms with Crippen molar-refractivity contribution in [3.63, 3.8) is 0 Å². The molecule has 0 spiro atoms. The molecule has 0 bridgehead atoms. The summed E-state index contributed by atoms with van der Waals surface area (Å²) in [6, 6.07) is 19.3. The number of benzene rings is 3. The highest BCUT2D eigenvalue weighted by Gasteiger charge is 2.29. The van der Waals surface area contributed by atoms with E-state index in [1.807, 2.05) is 37.5 Å². The first-order valence-corrected chi connectivity index (χ1v) is 17.9. The number of fused-ring (bicyclic) bond motifs is 1. The van der Waals surface area contributed by atoms with Crippen LogP contribution in [0.15, 0.2) is 73.1 Å². The van der Waals surface area contributed by atoms with Crippen molar-refractivity contribution in [3.8, 4) is 17.2 Å². The Kier molecular flexibility index (Phi) is 11.9. The van der Waals surface area contributed by atoms with Gasteiger partial charge in [-0.1, -0.05) is 53.9 Å². The summed E-state index contributed by atoms with van der Waals surface area (Å²) < 4.78 is 16.5. The number of ether oxygens (including phenoxy) is 3. The number of halogens is 2. The van der Waals surface area contributed by atoms with Gasteiger partial charge < -0.3 is 29.4 Å². The van der Waals surface area contributed by atoms with Crippen LogP contribution in [0.4, 0.5) is 5.95 Å². The molecule has 2 aromatic heterocycles. The highest BCUT2D eigenvalue weighted by molar-refractivity contribution is 6.42. The lowest BCUT2D eigenvalue weighted by Crippen LogP contribution is -2.46. The lowest BCUT2D eigenvalue weighted by molar-refractivity contribution is 0.0775. The zero-order chi connectivity index (χ0) is 35.9. The molecular formula is C39H44Cl2N6O4. The van der Waals surface area contributed by atoms with Gasteiger partial charge in [-0.15, -0.1) is 0 Å². The van der Waals surface area contributed by atoms with E-state index in [2.05, 4.69) is 44.5 Å². The fourth-order valence-corrected chi connectivity index (χ4v) is 7.21. The van der Waals surface area contributed by atoms with Crippen LogP contribution < -0.4 is 19.5 Å². The van der Waals surface area contributed by atoms with Crippen LogP contribution in [0.5, 0.6) is 17.2 Å². The van der Waals surface area contributed by atoms with Gasteiger partial charge in [0.1, 0.15) is 0 Å². The summed E-state index contributed by atoms with van der Waals surface area (Å²) in [4.78, 5) is 31.1. The molecule has 3 aromatic carbocycles. The van der Waals surface area contributed by atoms with Crippen LogP contribution in [0.1, 0.15) is 58.6 Å². The normalized spacial score (nSPS) is 14.5. The second-order valence-corrected chi connectivity index (χ2v) is 13.7. The molecule has 2 atom stereocenters. The second-order valence-electron chi connectivity index (χ2n) is 12.9. The molecule has 5 aromatic rings. The predicted molar refractivity (Wildman–Crippen MR) is 203 cm³/mol. The Morgan fingerprint density at radius 1 is 0.961 bits per heavy atom. The van der Waals surface area contributed by atoms with Gasteiger partial charge in [-0.05, 0) is 72.4 Å². The Balaban J connectivity index is 1.31. The monoisotopic (exact) mass is 730 g/mol. The number of carbonyl (C=O) groups excluding carboxylic acids is 1. The van der Waals surface area contributed by atoms with E-state index < -0.39 is 0 Å². The Hall–Kier alpha value is -4.51. The summed E-state index contributed by atoms with van der Waals surface area (Å²) in [7, 11) is 6.41. The van der Waals surface area contributed by atoms with E-state index in [-0.39, 0.29) is 18.0 Å². The number of likely N-dealkylation sites (tertiary alicyclic amines) is 1. The predicted octanol–water partition coefficient (Wildman–Crippen LogP) is 8.05. The van der Waals surface area contributed by atoms with Crippen LogP contribution in [0.3, 0.4) is 0 Å². The molecule has 0 aliphatic carbocycles. The van der Waals surface area contributed by atoms with Crippen molar-refractivity contribution < 1.29 is 19.0 Å². The maximum atomic E-state index is 14.0. The number of pyridine rings is 1. The lowest BCUT2D eigenvalue weighted by Gasteiger charge is -2.37. The molecule has 2 N–H and O–H groups in total. The van der Waals surface area contributed by atoms with Gasteiger partial charge in [-0.2, -0.15) is 0 Å². The van der Waals surface area contributed by atoms with Gasteiger partial charge in [0.05, 0.1) is 48.6 Å². The Morgan fingerprint density at radius 3 is 2.39 bits per heavy atom. The molecule has 268 valence electrons. The number of aromatic nitrogens is 3. The molecule has 6 rings (SSSR count). The minimum atomic E-state index is -0.180. The van der Waals surface area contributed by atoms with Crippen LogP contribution in [-0.2, 0) is 6.42 Å². The minimum absolute atomic E-state index is 0.0863. The van der Waals surface area contributed by atoms with Crippen molar-refractivity contribution in [2.75, 3.05) is 53.3 Å².